The number of aromatic nitrogens is 2. The number of halogens is 4. The number of benzene rings is 1. The molecule has 1 amide bonds. The Hall–Kier alpha value is -3.01. The van der Waals surface area contributed by atoms with Crippen LogP contribution in [0.5, 0.6) is 6.01 Å². The molecule has 2 aromatic rings. The minimum atomic E-state index is -4.41. The Bertz CT molecular complexity index is 856. The van der Waals surface area contributed by atoms with Gasteiger partial charge in [-0.2, -0.15) is 13.2 Å². The summed E-state index contributed by atoms with van der Waals surface area (Å²) in [5.74, 6) is -0.943. The lowest BCUT2D eigenvalue weighted by atomic mass is 10.1. The molecule has 0 N–H and O–H groups in total. The minimum absolute atomic E-state index is 0.0169. The number of hydrogen-bond acceptors (Lipinski definition) is 5. The van der Waals surface area contributed by atoms with Crippen molar-refractivity contribution in [2.24, 2.45) is 0 Å². The van der Waals surface area contributed by atoms with E-state index < -0.39 is 29.8 Å². The molecule has 6 nitrogen and oxygen atoms in total. The van der Waals surface area contributed by atoms with Gasteiger partial charge in [-0.3, -0.25) is 4.79 Å². The topological polar surface area (TPSA) is 64.6 Å². The maximum absolute atomic E-state index is 13.0. The average Bonchev–Trinajstić information content (AvgIpc) is 3.10. The van der Waals surface area contributed by atoms with Crippen molar-refractivity contribution in [2.45, 2.75) is 25.0 Å². The third kappa shape index (κ3) is 5.29. The summed E-state index contributed by atoms with van der Waals surface area (Å²) in [7, 11) is 0. The Morgan fingerprint density at radius 2 is 1.79 bits per heavy atom. The first kappa shape index (κ1) is 20.7. The maximum Gasteiger partial charge on any atom is 0.416 e. The fraction of sp³-hybridized carbons (Fsp3) is 0.316. The Morgan fingerprint density at radius 1 is 1.17 bits per heavy atom. The average molecular weight is 411 g/mol. The summed E-state index contributed by atoms with van der Waals surface area (Å²) in [5.41, 5.74) is -0.220. The van der Waals surface area contributed by atoms with E-state index in [9.17, 15) is 22.4 Å². The molecule has 2 atom stereocenters. The van der Waals surface area contributed by atoms with Crippen molar-refractivity contribution in [3.05, 3.63) is 66.3 Å². The number of alkyl halides is 3. The fourth-order valence-corrected chi connectivity index (χ4v) is 2.82. The van der Waals surface area contributed by atoms with Crippen molar-refractivity contribution in [1.29, 1.82) is 0 Å². The Morgan fingerprint density at radius 3 is 2.38 bits per heavy atom. The second-order valence-corrected chi connectivity index (χ2v) is 6.33. The molecule has 1 unspecified atom stereocenters. The standard InChI is InChI=1S/C19H17F4N3O3/c1-2-17(27)26-9-15(16(10-26)29-18-24-7-14(20)8-25-18)28-11-12-3-5-13(6-4-12)19(21,22)23/h2-8,15-16H,1,9-11H2/t15?,16-/m0/s1. The highest BCUT2D eigenvalue weighted by Gasteiger charge is 2.37. The third-order valence-corrected chi connectivity index (χ3v) is 4.30. The molecule has 0 spiro atoms. The number of carbonyl (C=O) groups is 1. The van der Waals surface area contributed by atoms with Gasteiger partial charge >= 0.3 is 12.2 Å². The summed E-state index contributed by atoms with van der Waals surface area (Å²) in [4.78, 5) is 20.8. The molecule has 3 rings (SSSR count). The molecule has 1 aliphatic heterocycles. The van der Waals surface area contributed by atoms with Gasteiger partial charge in [-0.25, -0.2) is 14.4 Å². The zero-order valence-electron chi connectivity index (χ0n) is 15.1. The summed E-state index contributed by atoms with van der Waals surface area (Å²) in [5, 5.41) is 0. The van der Waals surface area contributed by atoms with Gasteiger partial charge in [0.15, 0.2) is 5.82 Å². The molecule has 0 bridgehead atoms. The van der Waals surface area contributed by atoms with Crippen LogP contribution in [0.15, 0.2) is 49.3 Å². The Kier molecular flexibility index (Phi) is 6.12. The highest BCUT2D eigenvalue weighted by molar-refractivity contribution is 5.87. The van der Waals surface area contributed by atoms with Crippen molar-refractivity contribution >= 4 is 5.91 Å². The molecule has 0 saturated carbocycles. The number of carbonyl (C=O) groups excluding carboxylic acids is 1. The molecular formula is C19H17F4N3O3. The first-order valence-electron chi connectivity index (χ1n) is 8.59. The molecule has 2 heterocycles. The smallest absolute Gasteiger partial charge is 0.416 e. The quantitative estimate of drug-likeness (QED) is 0.540. The molecule has 1 saturated heterocycles. The predicted molar refractivity (Wildman–Crippen MR) is 93.2 cm³/mol. The predicted octanol–water partition coefficient (Wildman–Crippen LogP) is 3.00. The van der Waals surface area contributed by atoms with E-state index in [0.29, 0.717) is 5.56 Å². The van der Waals surface area contributed by atoms with Gasteiger partial charge in [-0.1, -0.05) is 18.7 Å². The van der Waals surface area contributed by atoms with Gasteiger partial charge in [0.2, 0.25) is 5.91 Å². The summed E-state index contributed by atoms with van der Waals surface area (Å²) >= 11 is 0. The van der Waals surface area contributed by atoms with Crippen LogP contribution in [0.2, 0.25) is 0 Å². The van der Waals surface area contributed by atoms with Gasteiger partial charge < -0.3 is 14.4 Å². The van der Waals surface area contributed by atoms with E-state index in [0.717, 1.165) is 30.6 Å². The number of nitrogens with zero attached hydrogens (tertiary/aromatic N) is 3. The summed E-state index contributed by atoms with van der Waals surface area (Å²) in [6, 6.07) is 4.52. The van der Waals surface area contributed by atoms with Crippen molar-refractivity contribution in [3.63, 3.8) is 0 Å². The molecule has 0 aliphatic carbocycles. The van der Waals surface area contributed by atoms with E-state index in [-0.39, 0.29) is 31.6 Å². The number of likely N-dealkylation sites (tertiary alicyclic amines) is 1. The second kappa shape index (κ2) is 8.56. The minimum Gasteiger partial charge on any atom is -0.455 e. The number of ether oxygens (including phenoxy) is 2. The number of amides is 1. The van der Waals surface area contributed by atoms with Crippen LogP contribution in [0.25, 0.3) is 0 Å². The first-order valence-corrected chi connectivity index (χ1v) is 8.59. The molecule has 1 aliphatic rings. The third-order valence-electron chi connectivity index (χ3n) is 4.30. The molecule has 10 heteroatoms. The molecular weight excluding hydrogens is 394 g/mol. The highest BCUT2D eigenvalue weighted by Crippen LogP contribution is 2.29. The van der Waals surface area contributed by atoms with Crippen LogP contribution in [-0.4, -0.2) is 46.1 Å². The largest absolute Gasteiger partial charge is 0.455 e. The van der Waals surface area contributed by atoms with E-state index in [1.807, 2.05) is 0 Å². The normalized spacial score (nSPS) is 19.2. The van der Waals surface area contributed by atoms with Crippen molar-refractivity contribution < 1.29 is 31.8 Å². The van der Waals surface area contributed by atoms with Crippen molar-refractivity contribution in [2.75, 3.05) is 13.1 Å². The van der Waals surface area contributed by atoms with Gasteiger partial charge in [-0.05, 0) is 23.8 Å². The van der Waals surface area contributed by atoms with Crippen LogP contribution < -0.4 is 4.74 Å². The molecule has 1 fully saturated rings. The van der Waals surface area contributed by atoms with Crippen LogP contribution in [0.1, 0.15) is 11.1 Å². The second-order valence-electron chi connectivity index (χ2n) is 6.33. The fourth-order valence-electron chi connectivity index (χ4n) is 2.82. The van der Waals surface area contributed by atoms with Crippen molar-refractivity contribution in [1.82, 2.24) is 14.9 Å². The zero-order chi connectivity index (χ0) is 21.0. The van der Waals surface area contributed by atoms with Gasteiger partial charge in [0, 0.05) is 0 Å². The van der Waals surface area contributed by atoms with Gasteiger partial charge in [0.05, 0.1) is 37.7 Å². The SMILES string of the molecule is C=CC(=O)N1CC(OCc2ccc(C(F)(F)F)cc2)[C@@H](Oc2ncc(F)cn2)C1. The Balaban J connectivity index is 1.67. The van der Waals surface area contributed by atoms with E-state index in [4.69, 9.17) is 9.47 Å². The Labute approximate surface area is 163 Å². The lowest BCUT2D eigenvalue weighted by molar-refractivity contribution is -0.137. The van der Waals surface area contributed by atoms with Crippen LogP contribution in [0, 0.1) is 5.82 Å². The van der Waals surface area contributed by atoms with Crippen LogP contribution in [0.3, 0.4) is 0 Å². The highest BCUT2D eigenvalue weighted by atomic mass is 19.4. The lowest BCUT2D eigenvalue weighted by Gasteiger charge is -2.19. The number of rotatable bonds is 6. The van der Waals surface area contributed by atoms with E-state index in [2.05, 4.69) is 16.5 Å². The van der Waals surface area contributed by atoms with Crippen LogP contribution >= 0.6 is 0 Å². The van der Waals surface area contributed by atoms with E-state index in [1.165, 1.54) is 17.0 Å². The summed E-state index contributed by atoms with van der Waals surface area (Å²) in [6.45, 7) is 3.82. The number of hydrogen-bond donors (Lipinski definition) is 0. The lowest BCUT2D eigenvalue weighted by Crippen LogP contribution is -2.33. The molecule has 1 aromatic carbocycles. The summed E-state index contributed by atoms with van der Waals surface area (Å²) in [6.07, 6.45) is -2.59. The monoisotopic (exact) mass is 411 g/mol. The van der Waals surface area contributed by atoms with Crippen LogP contribution in [-0.2, 0) is 22.3 Å². The van der Waals surface area contributed by atoms with Gasteiger partial charge in [0.1, 0.15) is 12.2 Å². The first-order chi connectivity index (χ1) is 13.8. The zero-order valence-corrected chi connectivity index (χ0v) is 15.1. The van der Waals surface area contributed by atoms with E-state index in [1.54, 1.807) is 0 Å². The van der Waals surface area contributed by atoms with Crippen molar-refractivity contribution in [3.8, 4) is 6.01 Å². The summed E-state index contributed by atoms with van der Waals surface area (Å²) < 4.78 is 62.3. The molecule has 29 heavy (non-hydrogen) atoms. The molecule has 154 valence electrons. The van der Waals surface area contributed by atoms with Gasteiger partial charge in [-0.15, -0.1) is 0 Å². The van der Waals surface area contributed by atoms with Gasteiger partial charge in [0.25, 0.3) is 0 Å². The molecule has 1 aromatic heterocycles. The molecule has 0 radical (unpaired) electrons. The maximum atomic E-state index is 13.0. The van der Waals surface area contributed by atoms with Crippen LogP contribution in [0.4, 0.5) is 17.6 Å². The van der Waals surface area contributed by atoms with E-state index >= 15 is 0 Å².